The zero-order valence-electron chi connectivity index (χ0n) is 10.3. The largest absolute Gasteiger partial charge is 0.459 e. The molecule has 0 aromatic heterocycles. The molecule has 0 amide bonds. The van der Waals surface area contributed by atoms with Crippen LogP contribution >= 0.6 is 0 Å². The van der Waals surface area contributed by atoms with E-state index < -0.39 is 34.5 Å². The lowest BCUT2D eigenvalue weighted by Gasteiger charge is -2.10. The van der Waals surface area contributed by atoms with Crippen LogP contribution in [0.25, 0.3) is 0 Å². The Hall–Kier alpha value is -1.84. The smallest absolute Gasteiger partial charge is 0.390 e. The highest BCUT2D eigenvalue weighted by atomic mass is 32.2. The quantitative estimate of drug-likeness (QED) is 0.641. The van der Waals surface area contributed by atoms with Crippen molar-refractivity contribution in [2.75, 3.05) is 10.5 Å². The lowest BCUT2D eigenvalue weighted by Crippen LogP contribution is -2.21. The van der Waals surface area contributed by atoms with Gasteiger partial charge in [0.2, 0.25) is 10.0 Å². The van der Waals surface area contributed by atoms with E-state index in [9.17, 15) is 30.4 Å². The SMILES string of the molecule is O=S(=O)(CCC(F)(F)F)Nc1ccc(OC=C(F)F)cc1. The molecule has 0 spiro atoms. The van der Waals surface area contributed by atoms with E-state index in [2.05, 4.69) is 4.74 Å². The molecule has 0 aliphatic heterocycles. The number of alkyl halides is 3. The summed E-state index contributed by atoms with van der Waals surface area (Å²) >= 11 is 0. The first-order valence-electron chi connectivity index (χ1n) is 5.42. The van der Waals surface area contributed by atoms with Crippen molar-refractivity contribution < 1.29 is 35.1 Å². The second kappa shape index (κ2) is 6.74. The van der Waals surface area contributed by atoms with Gasteiger partial charge in [-0.3, -0.25) is 4.72 Å². The van der Waals surface area contributed by atoms with Gasteiger partial charge in [0.15, 0.2) is 6.26 Å². The van der Waals surface area contributed by atoms with Gasteiger partial charge in [0, 0.05) is 5.69 Å². The summed E-state index contributed by atoms with van der Waals surface area (Å²) in [7, 11) is -4.15. The van der Waals surface area contributed by atoms with E-state index in [1.807, 2.05) is 4.72 Å². The predicted octanol–water partition coefficient (Wildman–Crippen LogP) is 3.50. The molecule has 118 valence electrons. The van der Waals surface area contributed by atoms with Gasteiger partial charge in [0.05, 0.1) is 12.2 Å². The maximum atomic E-state index is 12.0. The van der Waals surface area contributed by atoms with Crippen molar-refractivity contribution >= 4 is 15.7 Å². The summed E-state index contributed by atoms with van der Waals surface area (Å²) < 4.78 is 88.6. The van der Waals surface area contributed by atoms with Crippen LogP contribution in [0.1, 0.15) is 6.42 Å². The van der Waals surface area contributed by atoms with E-state index in [-0.39, 0.29) is 17.7 Å². The fourth-order valence-electron chi connectivity index (χ4n) is 1.19. The molecule has 0 saturated carbocycles. The molecule has 1 rings (SSSR count). The lowest BCUT2D eigenvalue weighted by molar-refractivity contribution is -0.129. The van der Waals surface area contributed by atoms with E-state index in [0.717, 1.165) is 0 Å². The number of anilines is 1. The van der Waals surface area contributed by atoms with Crippen LogP contribution in [0.15, 0.2) is 36.6 Å². The summed E-state index contributed by atoms with van der Waals surface area (Å²) in [6.45, 7) is 0. The zero-order chi connectivity index (χ0) is 16.1. The number of sulfonamides is 1. The maximum Gasteiger partial charge on any atom is 0.390 e. The highest BCUT2D eigenvalue weighted by Gasteiger charge is 2.29. The van der Waals surface area contributed by atoms with Crippen molar-refractivity contribution in [3.05, 3.63) is 36.6 Å². The molecular weight excluding hydrogens is 321 g/mol. The molecule has 1 aromatic carbocycles. The highest BCUT2D eigenvalue weighted by Crippen LogP contribution is 2.22. The van der Waals surface area contributed by atoms with Crippen LogP contribution in [0.2, 0.25) is 0 Å². The van der Waals surface area contributed by atoms with Crippen molar-refractivity contribution in [3.63, 3.8) is 0 Å². The molecule has 4 nitrogen and oxygen atoms in total. The van der Waals surface area contributed by atoms with Gasteiger partial charge in [-0.25, -0.2) is 8.42 Å². The minimum absolute atomic E-state index is 0.00535. The van der Waals surface area contributed by atoms with Crippen molar-refractivity contribution in [1.29, 1.82) is 0 Å². The first-order chi connectivity index (χ1) is 9.57. The first-order valence-corrected chi connectivity index (χ1v) is 7.08. The monoisotopic (exact) mass is 331 g/mol. The van der Waals surface area contributed by atoms with Crippen LogP contribution in [0.4, 0.5) is 27.6 Å². The third-order valence-electron chi connectivity index (χ3n) is 2.07. The third-order valence-corrected chi connectivity index (χ3v) is 3.35. The summed E-state index contributed by atoms with van der Waals surface area (Å²) in [5.74, 6) is -1.09. The maximum absolute atomic E-state index is 12.0. The fourth-order valence-corrected chi connectivity index (χ4v) is 2.29. The Morgan fingerprint density at radius 2 is 1.76 bits per heavy atom. The normalized spacial score (nSPS) is 11.9. The summed E-state index contributed by atoms with van der Waals surface area (Å²) in [6, 6.07) is 4.71. The Balaban J connectivity index is 2.64. The van der Waals surface area contributed by atoms with Crippen molar-refractivity contribution in [2.45, 2.75) is 12.6 Å². The molecule has 0 radical (unpaired) electrons. The number of nitrogens with one attached hydrogen (secondary N) is 1. The molecule has 10 heteroatoms. The van der Waals surface area contributed by atoms with Crippen molar-refractivity contribution in [3.8, 4) is 5.75 Å². The van der Waals surface area contributed by atoms with Gasteiger partial charge in [-0.05, 0) is 24.3 Å². The molecule has 1 N–H and O–H groups in total. The van der Waals surface area contributed by atoms with E-state index >= 15 is 0 Å². The molecule has 0 bridgehead atoms. The Bertz CT molecular complexity index is 591. The molecule has 0 fully saturated rings. The Morgan fingerprint density at radius 3 is 2.24 bits per heavy atom. The van der Waals surface area contributed by atoms with Crippen LogP contribution in [0, 0.1) is 0 Å². The summed E-state index contributed by atoms with van der Waals surface area (Å²) in [4.78, 5) is 0. The number of rotatable bonds is 6. The third kappa shape index (κ3) is 7.49. The highest BCUT2D eigenvalue weighted by molar-refractivity contribution is 7.92. The zero-order valence-corrected chi connectivity index (χ0v) is 11.1. The fraction of sp³-hybridized carbons (Fsp3) is 0.273. The molecule has 0 unspecified atom stereocenters. The van der Waals surface area contributed by atoms with Crippen LogP contribution < -0.4 is 9.46 Å². The second-order valence-corrected chi connectivity index (χ2v) is 5.68. The summed E-state index contributed by atoms with van der Waals surface area (Å²) in [6.07, 6.45) is -7.89. The van der Waals surface area contributed by atoms with Crippen molar-refractivity contribution in [1.82, 2.24) is 0 Å². The summed E-state index contributed by atoms with van der Waals surface area (Å²) in [5.41, 5.74) is -0.00535. The number of hydrogen-bond acceptors (Lipinski definition) is 3. The Kier molecular flexibility index (Phi) is 5.53. The second-order valence-electron chi connectivity index (χ2n) is 3.84. The minimum Gasteiger partial charge on any atom is -0.459 e. The average Bonchev–Trinajstić information content (AvgIpc) is 2.35. The topological polar surface area (TPSA) is 55.4 Å². The number of halogens is 5. The first kappa shape index (κ1) is 17.2. The minimum atomic E-state index is -4.57. The number of benzene rings is 1. The van der Waals surface area contributed by atoms with Crippen LogP contribution in [0.3, 0.4) is 0 Å². The molecule has 0 heterocycles. The average molecular weight is 331 g/mol. The molecule has 0 atom stereocenters. The van der Waals surface area contributed by atoms with Crippen molar-refractivity contribution in [2.24, 2.45) is 0 Å². The molecule has 0 aliphatic rings. The van der Waals surface area contributed by atoms with Gasteiger partial charge in [-0.15, -0.1) is 0 Å². The summed E-state index contributed by atoms with van der Waals surface area (Å²) in [5, 5.41) is 0. The van der Waals surface area contributed by atoms with E-state index in [0.29, 0.717) is 0 Å². The van der Waals surface area contributed by atoms with E-state index in [4.69, 9.17) is 0 Å². The predicted molar refractivity (Wildman–Crippen MR) is 65.5 cm³/mol. The van der Waals surface area contributed by atoms with Gasteiger partial charge >= 0.3 is 12.3 Å². The standard InChI is InChI=1S/C11H10F5NO3S/c12-10(13)7-20-9-3-1-8(2-4-9)17-21(18,19)6-5-11(14,15)16/h1-4,7,17H,5-6H2. The Labute approximate surface area is 117 Å². The van der Waals surface area contributed by atoms with E-state index in [1.54, 1.807) is 0 Å². The number of hydrogen-bond donors (Lipinski definition) is 1. The Morgan fingerprint density at radius 1 is 1.19 bits per heavy atom. The number of ether oxygens (including phenoxy) is 1. The molecule has 1 aromatic rings. The van der Waals surface area contributed by atoms with Gasteiger partial charge < -0.3 is 4.74 Å². The molecular formula is C11H10F5NO3S. The van der Waals surface area contributed by atoms with Gasteiger partial charge in [0.25, 0.3) is 0 Å². The van der Waals surface area contributed by atoms with Crippen LogP contribution in [0.5, 0.6) is 5.75 Å². The van der Waals surface area contributed by atoms with Crippen LogP contribution in [-0.2, 0) is 10.0 Å². The van der Waals surface area contributed by atoms with Gasteiger partial charge in [-0.1, -0.05) is 0 Å². The molecule has 21 heavy (non-hydrogen) atoms. The van der Waals surface area contributed by atoms with Crippen LogP contribution in [-0.4, -0.2) is 20.3 Å². The van der Waals surface area contributed by atoms with Gasteiger partial charge in [-0.2, -0.15) is 22.0 Å². The lowest BCUT2D eigenvalue weighted by atomic mass is 10.3. The molecule has 0 aliphatic carbocycles. The molecule has 0 saturated heterocycles. The van der Waals surface area contributed by atoms with E-state index in [1.165, 1.54) is 24.3 Å². The van der Waals surface area contributed by atoms with Gasteiger partial charge in [0.1, 0.15) is 5.75 Å².